The Bertz CT molecular complexity index is 377. The largest absolute Gasteiger partial charge is 0.477 e. The Labute approximate surface area is 110 Å². The predicted octanol–water partition coefficient (Wildman–Crippen LogP) is 3.88. The van der Waals surface area contributed by atoms with Crippen molar-refractivity contribution in [1.29, 1.82) is 0 Å². The van der Waals surface area contributed by atoms with Gasteiger partial charge in [0.2, 0.25) is 5.88 Å². The molecular weight excluding hydrogens is 226 g/mol. The molecule has 0 amide bonds. The minimum Gasteiger partial charge on any atom is -0.477 e. The molecule has 0 aliphatic carbocycles. The van der Waals surface area contributed by atoms with Crippen molar-refractivity contribution in [3.05, 3.63) is 23.9 Å². The van der Waals surface area contributed by atoms with Crippen LogP contribution < -0.4 is 4.74 Å². The third-order valence-corrected chi connectivity index (χ3v) is 3.15. The van der Waals surface area contributed by atoms with E-state index in [1.807, 2.05) is 0 Å². The first-order valence-electron chi connectivity index (χ1n) is 6.77. The second-order valence-electron chi connectivity index (χ2n) is 4.64. The van der Waals surface area contributed by atoms with Gasteiger partial charge in [-0.05, 0) is 31.4 Å². The van der Waals surface area contributed by atoms with Crippen LogP contribution in [0.3, 0.4) is 0 Å². The third kappa shape index (κ3) is 4.47. The van der Waals surface area contributed by atoms with Crippen LogP contribution in [0.15, 0.2) is 18.3 Å². The zero-order valence-electron chi connectivity index (χ0n) is 11.6. The first kappa shape index (κ1) is 14.7. The number of ether oxygens (including phenoxy) is 1. The number of hydrogen-bond donors (Lipinski definition) is 0. The lowest BCUT2D eigenvalue weighted by molar-refractivity contribution is 0.101. The van der Waals surface area contributed by atoms with Gasteiger partial charge in [0.05, 0.1) is 12.2 Å². The first-order chi connectivity index (χ1) is 8.69. The van der Waals surface area contributed by atoms with Gasteiger partial charge in [-0.3, -0.25) is 4.79 Å². The first-order valence-corrected chi connectivity index (χ1v) is 6.77. The van der Waals surface area contributed by atoms with Crippen LogP contribution in [0.25, 0.3) is 0 Å². The normalized spacial score (nSPS) is 12.2. The number of rotatable bonds is 8. The van der Waals surface area contributed by atoms with Crippen LogP contribution in [0.2, 0.25) is 0 Å². The molecule has 3 nitrogen and oxygen atoms in total. The zero-order valence-corrected chi connectivity index (χ0v) is 11.6. The maximum absolute atomic E-state index is 11.4. The molecule has 1 aromatic rings. The van der Waals surface area contributed by atoms with E-state index in [0.29, 0.717) is 24.0 Å². The highest BCUT2D eigenvalue weighted by atomic mass is 16.5. The van der Waals surface area contributed by atoms with Gasteiger partial charge < -0.3 is 4.74 Å². The minimum absolute atomic E-state index is 0.000272. The van der Waals surface area contributed by atoms with Crippen LogP contribution in [0.5, 0.6) is 5.88 Å². The van der Waals surface area contributed by atoms with Crippen LogP contribution in [0.4, 0.5) is 0 Å². The SMILES string of the molecule is CCCCC(CC)COc1ncccc1C(C)=O. The Kier molecular flexibility index (Phi) is 6.40. The molecule has 1 atom stereocenters. The van der Waals surface area contributed by atoms with Gasteiger partial charge in [-0.15, -0.1) is 0 Å². The van der Waals surface area contributed by atoms with Crippen molar-refractivity contribution in [1.82, 2.24) is 4.98 Å². The molecule has 0 fully saturated rings. The Hall–Kier alpha value is -1.38. The second-order valence-corrected chi connectivity index (χ2v) is 4.64. The highest BCUT2D eigenvalue weighted by Gasteiger charge is 2.12. The van der Waals surface area contributed by atoms with Gasteiger partial charge in [0.25, 0.3) is 0 Å². The average Bonchev–Trinajstić information content (AvgIpc) is 2.39. The van der Waals surface area contributed by atoms with Crippen molar-refractivity contribution in [2.24, 2.45) is 5.92 Å². The van der Waals surface area contributed by atoms with Gasteiger partial charge >= 0.3 is 0 Å². The number of carbonyl (C=O) groups is 1. The van der Waals surface area contributed by atoms with E-state index in [-0.39, 0.29) is 5.78 Å². The molecule has 1 rings (SSSR count). The van der Waals surface area contributed by atoms with Crippen LogP contribution in [-0.2, 0) is 0 Å². The summed E-state index contributed by atoms with van der Waals surface area (Å²) in [5.41, 5.74) is 0.572. The van der Waals surface area contributed by atoms with E-state index in [2.05, 4.69) is 18.8 Å². The summed E-state index contributed by atoms with van der Waals surface area (Å²) in [5.74, 6) is 1.02. The molecule has 18 heavy (non-hydrogen) atoms. The highest BCUT2D eigenvalue weighted by molar-refractivity contribution is 5.96. The van der Waals surface area contributed by atoms with Crippen molar-refractivity contribution in [3.63, 3.8) is 0 Å². The summed E-state index contributed by atoms with van der Waals surface area (Å²) < 4.78 is 5.72. The van der Waals surface area contributed by atoms with E-state index in [1.54, 1.807) is 18.3 Å². The monoisotopic (exact) mass is 249 g/mol. The Morgan fingerprint density at radius 2 is 2.22 bits per heavy atom. The van der Waals surface area contributed by atoms with Gasteiger partial charge in [0.15, 0.2) is 5.78 Å². The van der Waals surface area contributed by atoms with Gasteiger partial charge in [-0.1, -0.05) is 33.1 Å². The fourth-order valence-corrected chi connectivity index (χ4v) is 1.87. The topological polar surface area (TPSA) is 39.2 Å². The minimum atomic E-state index is -0.000272. The molecule has 0 saturated heterocycles. The van der Waals surface area contributed by atoms with E-state index in [1.165, 1.54) is 26.2 Å². The maximum Gasteiger partial charge on any atom is 0.224 e. The number of ketones is 1. The molecule has 1 aromatic heterocycles. The Morgan fingerprint density at radius 1 is 1.44 bits per heavy atom. The smallest absolute Gasteiger partial charge is 0.224 e. The number of aromatic nitrogens is 1. The lowest BCUT2D eigenvalue weighted by Crippen LogP contribution is -2.13. The molecule has 0 aromatic carbocycles. The third-order valence-electron chi connectivity index (χ3n) is 3.15. The number of pyridine rings is 1. The number of hydrogen-bond acceptors (Lipinski definition) is 3. The van der Waals surface area contributed by atoms with E-state index in [9.17, 15) is 4.79 Å². The van der Waals surface area contributed by atoms with Gasteiger partial charge in [0.1, 0.15) is 0 Å². The summed E-state index contributed by atoms with van der Waals surface area (Å²) in [6.07, 6.45) is 6.37. The van der Waals surface area contributed by atoms with Gasteiger partial charge in [0, 0.05) is 6.20 Å². The predicted molar refractivity (Wildman–Crippen MR) is 73.0 cm³/mol. The van der Waals surface area contributed by atoms with Crippen molar-refractivity contribution < 1.29 is 9.53 Å². The fraction of sp³-hybridized carbons (Fsp3) is 0.600. The molecule has 100 valence electrons. The molecule has 1 heterocycles. The molecule has 0 spiro atoms. The second kappa shape index (κ2) is 7.85. The molecule has 0 saturated carbocycles. The molecule has 0 radical (unpaired) electrons. The fourth-order valence-electron chi connectivity index (χ4n) is 1.87. The summed E-state index contributed by atoms with van der Waals surface area (Å²) >= 11 is 0. The van der Waals surface area contributed by atoms with Crippen LogP contribution in [-0.4, -0.2) is 17.4 Å². The number of nitrogens with zero attached hydrogens (tertiary/aromatic N) is 1. The lowest BCUT2D eigenvalue weighted by Gasteiger charge is -2.16. The molecular formula is C15H23NO2. The standard InChI is InChI=1S/C15H23NO2/c1-4-6-8-13(5-2)11-18-15-14(12(3)17)9-7-10-16-15/h7,9-10,13H,4-6,8,11H2,1-3H3. The summed E-state index contributed by atoms with van der Waals surface area (Å²) in [7, 11) is 0. The van der Waals surface area contributed by atoms with Crippen LogP contribution in [0, 0.1) is 5.92 Å². The zero-order chi connectivity index (χ0) is 13.4. The average molecular weight is 249 g/mol. The van der Waals surface area contributed by atoms with Crippen molar-refractivity contribution >= 4 is 5.78 Å². The van der Waals surface area contributed by atoms with E-state index in [0.717, 1.165) is 6.42 Å². The lowest BCUT2D eigenvalue weighted by atomic mass is 10.0. The molecule has 1 unspecified atom stereocenters. The molecule has 0 aliphatic heterocycles. The summed E-state index contributed by atoms with van der Waals surface area (Å²) in [6, 6.07) is 3.52. The number of carbonyl (C=O) groups excluding carboxylic acids is 1. The van der Waals surface area contributed by atoms with Crippen LogP contribution >= 0.6 is 0 Å². The van der Waals surface area contributed by atoms with Crippen molar-refractivity contribution in [2.75, 3.05) is 6.61 Å². The van der Waals surface area contributed by atoms with Crippen LogP contribution in [0.1, 0.15) is 56.8 Å². The molecule has 3 heteroatoms. The molecule has 0 N–H and O–H groups in total. The summed E-state index contributed by atoms with van der Waals surface area (Å²) in [6.45, 7) is 6.56. The van der Waals surface area contributed by atoms with Crippen molar-refractivity contribution in [3.8, 4) is 5.88 Å². The Morgan fingerprint density at radius 3 is 2.83 bits per heavy atom. The molecule has 0 bridgehead atoms. The quantitative estimate of drug-likeness (QED) is 0.656. The Balaban J connectivity index is 2.59. The molecule has 0 aliphatic rings. The number of unbranched alkanes of at least 4 members (excludes halogenated alkanes) is 1. The van der Waals surface area contributed by atoms with E-state index < -0.39 is 0 Å². The highest BCUT2D eigenvalue weighted by Crippen LogP contribution is 2.18. The van der Waals surface area contributed by atoms with E-state index >= 15 is 0 Å². The van der Waals surface area contributed by atoms with E-state index in [4.69, 9.17) is 4.74 Å². The maximum atomic E-state index is 11.4. The number of Topliss-reactive ketones (excluding diaryl/α,β-unsaturated/α-hetero) is 1. The summed E-state index contributed by atoms with van der Waals surface area (Å²) in [4.78, 5) is 15.6. The van der Waals surface area contributed by atoms with Gasteiger partial charge in [-0.25, -0.2) is 4.98 Å². The summed E-state index contributed by atoms with van der Waals surface area (Å²) in [5, 5.41) is 0. The van der Waals surface area contributed by atoms with Gasteiger partial charge in [-0.2, -0.15) is 0 Å². The van der Waals surface area contributed by atoms with Crippen molar-refractivity contribution in [2.45, 2.75) is 46.5 Å².